The number of hydrogen-bond donors (Lipinski definition) is 2. The Labute approximate surface area is 152 Å². The van der Waals surface area contributed by atoms with E-state index in [9.17, 15) is 9.59 Å². The van der Waals surface area contributed by atoms with Crippen LogP contribution in [-0.2, 0) is 16.0 Å². The second-order valence-electron chi connectivity index (χ2n) is 5.82. The van der Waals surface area contributed by atoms with Crippen molar-refractivity contribution in [1.29, 1.82) is 0 Å². The number of carbonyl (C=O) groups is 2. The fourth-order valence-electron chi connectivity index (χ4n) is 2.12. The fraction of sp³-hybridized carbons (Fsp3) is 0.263. The maximum Gasteiger partial charge on any atom is 0.243 e. The molecule has 2 amide bonds. The van der Waals surface area contributed by atoms with Gasteiger partial charge in [-0.25, -0.2) is 0 Å². The Morgan fingerprint density at radius 2 is 1.64 bits per heavy atom. The molecular formula is C19H21ClN2O3. The smallest absolute Gasteiger partial charge is 0.243 e. The molecule has 2 rings (SSSR count). The van der Waals surface area contributed by atoms with Gasteiger partial charge in [-0.2, -0.15) is 0 Å². The first-order valence-corrected chi connectivity index (χ1v) is 8.38. The van der Waals surface area contributed by atoms with Gasteiger partial charge >= 0.3 is 0 Å². The van der Waals surface area contributed by atoms with Gasteiger partial charge in [-0.15, -0.1) is 0 Å². The van der Waals surface area contributed by atoms with E-state index in [0.717, 1.165) is 11.3 Å². The third-order valence-electron chi connectivity index (χ3n) is 3.23. The van der Waals surface area contributed by atoms with Crippen LogP contribution in [-0.4, -0.2) is 24.5 Å². The number of carbonyl (C=O) groups excluding carboxylic acids is 2. The summed E-state index contributed by atoms with van der Waals surface area (Å²) in [6.45, 7) is 3.81. The van der Waals surface area contributed by atoms with Crippen LogP contribution in [0.3, 0.4) is 0 Å². The molecular weight excluding hydrogens is 340 g/mol. The van der Waals surface area contributed by atoms with E-state index in [2.05, 4.69) is 10.6 Å². The maximum absolute atomic E-state index is 11.9. The summed E-state index contributed by atoms with van der Waals surface area (Å²) >= 11 is 5.80. The van der Waals surface area contributed by atoms with Gasteiger partial charge in [-0.3, -0.25) is 9.59 Å². The minimum atomic E-state index is -0.290. The highest BCUT2D eigenvalue weighted by molar-refractivity contribution is 6.30. The van der Waals surface area contributed by atoms with Gasteiger partial charge in [0.2, 0.25) is 11.8 Å². The lowest BCUT2D eigenvalue weighted by Crippen LogP contribution is -2.33. The van der Waals surface area contributed by atoms with Crippen molar-refractivity contribution < 1.29 is 14.3 Å². The summed E-state index contributed by atoms with van der Waals surface area (Å²) in [6.07, 6.45) is 0.294. The van der Waals surface area contributed by atoms with Crippen LogP contribution in [0.2, 0.25) is 5.02 Å². The molecule has 0 aromatic heterocycles. The highest BCUT2D eigenvalue weighted by Gasteiger charge is 2.07. The van der Waals surface area contributed by atoms with E-state index >= 15 is 0 Å². The highest BCUT2D eigenvalue weighted by atomic mass is 35.5. The van der Waals surface area contributed by atoms with Gasteiger partial charge in [0.25, 0.3) is 0 Å². The molecule has 0 radical (unpaired) electrons. The minimum Gasteiger partial charge on any atom is -0.491 e. The quantitative estimate of drug-likeness (QED) is 0.795. The number of anilines is 1. The van der Waals surface area contributed by atoms with E-state index in [1.165, 1.54) is 0 Å². The summed E-state index contributed by atoms with van der Waals surface area (Å²) in [6, 6.07) is 14.1. The molecule has 0 spiro atoms. The van der Waals surface area contributed by atoms with Gasteiger partial charge in [0.1, 0.15) is 5.75 Å². The molecule has 25 heavy (non-hydrogen) atoms. The molecule has 0 heterocycles. The van der Waals surface area contributed by atoms with Crippen molar-refractivity contribution in [2.75, 3.05) is 11.9 Å². The third kappa shape index (κ3) is 6.85. The van der Waals surface area contributed by atoms with Crippen molar-refractivity contribution in [3.05, 3.63) is 59.1 Å². The first-order valence-electron chi connectivity index (χ1n) is 8.00. The van der Waals surface area contributed by atoms with Gasteiger partial charge in [0, 0.05) is 10.7 Å². The van der Waals surface area contributed by atoms with Crippen LogP contribution in [0.4, 0.5) is 5.69 Å². The maximum atomic E-state index is 11.9. The molecule has 0 unspecified atom stereocenters. The average molecular weight is 361 g/mol. The molecule has 0 saturated carbocycles. The molecule has 0 aliphatic carbocycles. The van der Waals surface area contributed by atoms with E-state index < -0.39 is 0 Å². The van der Waals surface area contributed by atoms with Gasteiger partial charge in [0.05, 0.1) is 19.1 Å². The molecule has 0 bridgehead atoms. The number of nitrogens with one attached hydrogen (secondary N) is 2. The Bertz CT molecular complexity index is 712. The van der Waals surface area contributed by atoms with Crippen molar-refractivity contribution in [1.82, 2.24) is 5.32 Å². The summed E-state index contributed by atoms with van der Waals surface area (Å²) in [5.41, 5.74) is 1.48. The SMILES string of the molecule is CC(C)Oc1ccc(NC(=O)CNC(=O)Cc2ccc(Cl)cc2)cc1. The third-order valence-corrected chi connectivity index (χ3v) is 3.49. The summed E-state index contributed by atoms with van der Waals surface area (Å²) < 4.78 is 5.54. The van der Waals surface area contributed by atoms with Crippen molar-refractivity contribution in [2.24, 2.45) is 0 Å². The predicted octanol–water partition coefficient (Wildman–Crippen LogP) is 3.42. The second kappa shape index (κ2) is 9.08. The predicted molar refractivity (Wildman–Crippen MR) is 99.0 cm³/mol. The molecule has 0 fully saturated rings. The highest BCUT2D eigenvalue weighted by Crippen LogP contribution is 2.16. The minimum absolute atomic E-state index is 0.0866. The van der Waals surface area contributed by atoms with Crippen LogP contribution in [0.5, 0.6) is 5.75 Å². The fourth-order valence-corrected chi connectivity index (χ4v) is 2.25. The monoisotopic (exact) mass is 360 g/mol. The van der Waals surface area contributed by atoms with Crippen molar-refractivity contribution >= 4 is 29.1 Å². The molecule has 2 aromatic carbocycles. The van der Waals surface area contributed by atoms with Crippen LogP contribution in [0, 0.1) is 0 Å². The second-order valence-corrected chi connectivity index (χ2v) is 6.26. The summed E-state index contributed by atoms with van der Waals surface area (Å²) in [5, 5.41) is 5.94. The Kier molecular flexibility index (Phi) is 6.83. The zero-order valence-corrected chi connectivity index (χ0v) is 15.0. The first kappa shape index (κ1) is 18.8. The van der Waals surface area contributed by atoms with E-state index in [1.807, 2.05) is 13.8 Å². The van der Waals surface area contributed by atoms with Crippen molar-refractivity contribution in [3.8, 4) is 5.75 Å². The standard InChI is InChI=1S/C19H21ClN2O3/c1-13(2)25-17-9-7-16(8-10-17)22-19(24)12-21-18(23)11-14-3-5-15(20)6-4-14/h3-10,13H,11-12H2,1-2H3,(H,21,23)(H,22,24). The lowest BCUT2D eigenvalue weighted by molar-refractivity contribution is -0.123. The average Bonchev–Trinajstić information content (AvgIpc) is 2.56. The van der Waals surface area contributed by atoms with Crippen LogP contribution in [0.15, 0.2) is 48.5 Å². The van der Waals surface area contributed by atoms with E-state index in [1.54, 1.807) is 48.5 Å². The Morgan fingerprint density at radius 3 is 2.24 bits per heavy atom. The van der Waals surface area contributed by atoms with Gasteiger partial charge in [-0.1, -0.05) is 23.7 Å². The zero-order valence-electron chi connectivity index (χ0n) is 14.2. The summed E-state index contributed by atoms with van der Waals surface area (Å²) in [5.74, 6) is 0.226. The Morgan fingerprint density at radius 1 is 1.00 bits per heavy atom. The van der Waals surface area contributed by atoms with E-state index in [0.29, 0.717) is 10.7 Å². The number of benzene rings is 2. The molecule has 2 aromatic rings. The van der Waals surface area contributed by atoms with Gasteiger partial charge < -0.3 is 15.4 Å². The lowest BCUT2D eigenvalue weighted by atomic mass is 10.1. The molecule has 0 aliphatic rings. The number of amides is 2. The first-order chi connectivity index (χ1) is 11.9. The lowest BCUT2D eigenvalue weighted by Gasteiger charge is -2.11. The molecule has 0 saturated heterocycles. The van der Waals surface area contributed by atoms with Crippen LogP contribution < -0.4 is 15.4 Å². The topological polar surface area (TPSA) is 67.4 Å². The van der Waals surface area contributed by atoms with Crippen molar-refractivity contribution in [3.63, 3.8) is 0 Å². The molecule has 6 heteroatoms. The number of ether oxygens (including phenoxy) is 1. The number of hydrogen-bond acceptors (Lipinski definition) is 3. The Hall–Kier alpha value is -2.53. The van der Waals surface area contributed by atoms with E-state index in [-0.39, 0.29) is 30.9 Å². The molecule has 0 atom stereocenters. The summed E-state index contributed by atoms with van der Waals surface area (Å²) in [7, 11) is 0. The largest absolute Gasteiger partial charge is 0.491 e. The summed E-state index contributed by atoms with van der Waals surface area (Å²) in [4.78, 5) is 23.8. The normalized spacial score (nSPS) is 10.4. The Balaban J connectivity index is 1.76. The van der Waals surface area contributed by atoms with E-state index in [4.69, 9.17) is 16.3 Å². The number of rotatable bonds is 7. The molecule has 132 valence electrons. The van der Waals surface area contributed by atoms with Crippen molar-refractivity contribution in [2.45, 2.75) is 26.4 Å². The number of halogens is 1. The van der Waals surface area contributed by atoms with Crippen LogP contribution >= 0.6 is 11.6 Å². The zero-order chi connectivity index (χ0) is 18.2. The van der Waals surface area contributed by atoms with Gasteiger partial charge in [-0.05, 0) is 55.8 Å². The van der Waals surface area contributed by atoms with Gasteiger partial charge in [0.15, 0.2) is 0 Å². The molecule has 0 aliphatic heterocycles. The molecule has 5 nitrogen and oxygen atoms in total. The van der Waals surface area contributed by atoms with Crippen LogP contribution in [0.25, 0.3) is 0 Å². The van der Waals surface area contributed by atoms with Crippen LogP contribution in [0.1, 0.15) is 19.4 Å². The molecule has 2 N–H and O–H groups in total.